The maximum Gasteiger partial charge on any atom is 0.414 e. The van der Waals surface area contributed by atoms with E-state index in [4.69, 9.17) is 28.6 Å². The molecule has 2 aromatic rings. The first-order valence-electron chi connectivity index (χ1n) is 17.7. The van der Waals surface area contributed by atoms with Crippen molar-refractivity contribution in [2.75, 3.05) is 37.0 Å². The minimum absolute atomic E-state index is 0.0108. The Bertz CT molecular complexity index is 1620. The van der Waals surface area contributed by atoms with Crippen molar-refractivity contribution in [3.63, 3.8) is 0 Å². The quantitative estimate of drug-likeness (QED) is 0.294. The van der Waals surface area contributed by atoms with Crippen molar-refractivity contribution >= 4 is 43.4 Å². The number of fused-ring (bicyclic) bond motifs is 1. The molecule has 4 rings (SSSR count). The van der Waals surface area contributed by atoms with Crippen molar-refractivity contribution in [3.05, 3.63) is 40.7 Å². The van der Waals surface area contributed by atoms with Crippen LogP contribution in [-0.4, -0.2) is 79.4 Å². The Morgan fingerprint density at radius 2 is 1.66 bits per heavy atom. The molecule has 0 aromatic carbocycles. The zero-order valence-electron chi connectivity index (χ0n) is 32.8. The van der Waals surface area contributed by atoms with E-state index < -0.39 is 25.6 Å². The third-order valence-corrected chi connectivity index (χ3v) is 13.7. The van der Waals surface area contributed by atoms with Gasteiger partial charge >= 0.3 is 12.2 Å². The van der Waals surface area contributed by atoms with Crippen LogP contribution in [0.25, 0.3) is 5.57 Å². The summed E-state index contributed by atoms with van der Waals surface area (Å²) in [5.74, 6) is 1.99. The highest BCUT2D eigenvalue weighted by molar-refractivity contribution is 6.74. The Kier molecular flexibility index (Phi) is 11.4. The molecule has 1 N–H and O–H groups in total. The summed E-state index contributed by atoms with van der Waals surface area (Å²) in [6.07, 6.45) is 3.28. The zero-order chi connectivity index (χ0) is 37.4. The van der Waals surface area contributed by atoms with Gasteiger partial charge in [0.1, 0.15) is 28.6 Å². The van der Waals surface area contributed by atoms with Gasteiger partial charge in [-0.25, -0.2) is 19.6 Å². The molecule has 1 atom stereocenters. The number of amides is 2. The van der Waals surface area contributed by atoms with E-state index in [2.05, 4.69) is 45.3 Å². The van der Waals surface area contributed by atoms with Gasteiger partial charge in [-0.1, -0.05) is 26.8 Å². The molecular weight excluding hydrogens is 651 g/mol. The maximum absolute atomic E-state index is 13.4. The maximum atomic E-state index is 13.4. The number of nitrogens with zero attached hydrogens (tertiary/aromatic N) is 4. The third kappa shape index (κ3) is 9.78. The molecule has 2 aliphatic heterocycles. The fourth-order valence-corrected chi connectivity index (χ4v) is 7.05. The van der Waals surface area contributed by atoms with Gasteiger partial charge in [0.25, 0.3) is 0 Å². The number of carbonyl (C=O) groups excluding carboxylic acids is 2. The van der Waals surface area contributed by atoms with Crippen LogP contribution >= 0.6 is 0 Å². The lowest BCUT2D eigenvalue weighted by Gasteiger charge is -2.40. The van der Waals surface area contributed by atoms with E-state index in [1.165, 1.54) is 4.90 Å². The Labute approximate surface area is 300 Å². The predicted octanol–water partition coefficient (Wildman–Crippen LogP) is 8.95. The minimum atomic E-state index is -2.21. The molecule has 11 nitrogen and oxygen atoms in total. The molecule has 0 saturated heterocycles. The van der Waals surface area contributed by atoms with Crippen molar-refractivity contribution in [3.8, 4) is 5.75 Å². The summed E-state index contributed by atoms with van der Waals surface area (Å²) in [4.78, 5) is 39.3. The van der Waals surface area contributed by atoms with Gasteiger partial charge in [0.2, 0.25) is 0 Å². The number of aryl methyl sites for hydroxylation is 2. The lowest BCUT2D eigenvalue weighted by Crippen LogP contribution is -2.48. The molecule has 12 heteroatoms. The number of nitrogens with one attached hydrogen (secondary N) is 1. The molecule has 0 spiro atoms. The molecule has 2 aliphatic rings. The van der Waals surface area contributed by atoms with E-state index in [0.29, 0.717) is 43.4 Å². The third-order valence-electron chi connectivity index (χ3n) is 9.18. The van der Waals surface area contributed by atoms with E-state index in [-0.39, 0.29) is 17.2 Å². The van der Waals surface area contributed by atoms with Crippen molar-refractivity contribution in [2.24, 2.45) is 0 Å². The van der Waals surface area contributed by atoms with Gasteiger partial charge in [-0.05, 0) is 104 Å². The van der Waals surface area contributed by atoms with Gasteiger partial charge in [0, 0.05) is 43.0 Å². The van der Waals surface area contributed by atoms with Gasteiger partial charge in [-0.3, -0.25) is 4.90 Å². The fourth-order valence-electron chi connectivity index (χ4n) is 5.70. The number of ether oxygens (including phenoxy) is 3. The number of rotatable bonds is 6. The molecule has 0 bridgehead atoms. The number of hydrogen-bond acceptors (Lipinski definition) is 9. The normalized spacial score (nSPS) is 17.2. The average molecular weight is 710 g/mol. The summed E-state index contributed by atoms with van der Waals surface area (Å²) in [5.41, 5.74) is 3.92. The first kappa shape index (κ1) is 39.1. The lowest BCUT2D eigenvalue weighted by atomic mass is 9.93. The molecule has 0 fully saturated rings. The van der Waals surface area contributed by atoms with Crippen LogP contribution in [0.2, 0.25) is 18.1 Å². The fraction of sp³-hybridized carbons (Fsp3) is 0.632. The van der Waals surface area contributed by atoms with Crippen LogP contribution in [0.15, 0.2) is 18.2 Å². The predicted molar refractivity (Wildman–Crippen MR) is 202 cm³/mol. The monoisotopic (exact) mass is 709 g/mol. The van der Waals surface area contributed by atoms with Crippen molar-refractivity contribution in [1.29, 1.82) is 0 Å². The van der Waals surface area contributed by atoms with Gasteiger partial charge in [0.15, 0.2) is 8.32 Å². The van der Waals surface area contributed by atoms with E-state index in [0.717, 1.165) is 46.7 Å². The number of anilines is 3. The molecule has 4 heterocycles. The Morgan fingerprint density at radius 1 is 1.00 bits per heavy atom. The van der Waals surface area contributed by atoms with Crippen molar-refractivity contribution < 1.29 is 28.2 Å². The molecule has 0 radical (unpaired) electrons. The second kappa shape index (κ2) is 14.5. The standard InChI is InChI=1S/C38H59N5O6Si/c1-24-20-27(42(12)34(44)47-36(3,4)5)22-30(39-24)41-33-25(2)31(32-29(40-33)16-15-19-46-32)26-17-18-43(35(45)48-37(6,7)8)23-28(21-26)49-50(13,14)38(9,10)11/h17,20,22,28H,15-16,18-19,21,23H2,1-14H3,(H,39,40,41)/t28-/m1/s1. The second-order valence-corrected chi connectivity index (χ2v) is 21.8. The van der Waals surface area contributed by atoms with E-state index in [1.807, 2.05) is 67.5 Å². The first-order valence-corrected chi connectivity index (χ1v) is 20.6. The van der Waals surface area contributed by atoms with Crippen LogP contribution in [0, 0.1) is 13.8 Å². The molecule has 0 unspecified atom stereocenters. The van der Waals surface area contributed by atoms with Crippen LogP contribution in [0.5, 0.6) is 5.75 Å². The summed E-state index contributed by atoms with van der Waals surface area (Å²) in [7, 11) is -0.523. The van der Waals surface area contributed by atoms with Crippen molar-refractivity contribution in [1.82, 2.24) is 14.9 Å². The molecule has 276 valence electrons. The SMILES string of the molecule is Cc1cc(N(C)C(=O)OC(C)(C)C)cc(Nc2nc3c(c(C4=CCN(C(=O)OC(C)(C)C)C[C@H](O[Si](C)(C)C(C)(C)C)C4)c2C)OCCC3)n1. The minimum Gasteiger partial charge on any atom is -0.491 e. The zero-order valence-corrected chi connectivity index (χ0v) is 33.8. The highest BCUT2D eigenvalue weighted by atomic mass is 28.4. The molecular formula is C38H59N5O6Si. The first-order chi connectivity index (χ1) is 22.9. The van der Waals surface area contributed by atoms with Crippen LogP contribution in [0.4, 0.5) is 26.9 Å². The topological polar surface area (TPSA) is 115 Å². The molecule has 0 aliphatic carbocycles. The largest absolute Gasteiger partial charge is 0.491 e. The number of carbonyl (C=O) groups is 2. The summed E-state index contributed by atoms with van der Waals surface area (Å²) in [5, 5.41) is 3.46. The molecule has 0 saturated carbocycles. The summed E-state index contributed by atoms with van der Waals surface area (Å²) < 4.78 is 24.8. The van der Waals surface area contributed by atoms with Crippen LogP contribution in [0.3, 0.4) is 0 Å². The van der Waals surface area contributed by atoms with Gasteiger partial charge in [-0.2, -0.15) is 0 Å². The van der Waals surface area contributed by atoms with Crippen molar-refractivity contribution in [2.45, 2.75) is 131 Å². The Morgan fingerprint density at radius 3 is 2.28 bits per heavy atom. The number of aromatic nitrogens is 2. The van der Waals surface area contributed by atoms with Crippen LogP contribution in [-0.2, 0) is 20.3 Å². The van der Waals surface area contributed by atoms with Gasteiger partial charge < -0.3 is 28.9 Å². The summed E-state index contributed by atoms with van der Waals surface area (Å²) >= 11 is 0. The highest BCUT2D eigenvalue weighted by Crippen LogP contribution is 2.43. The number of hydrogen-bond donors (Lipinski definition) is 1. The highest BCUT2D eigenvalue weighted by Gasteiger charge is 2.41. The smallest absolute Gasteiger partial charge is 0.414 e. The molecule has 2 amide bonds. The van der Waals surface area contributed by atoms with Crippen LogP contribution in [0.1, 0.15) is 97.7 Å². The van der Waals surface area contributed by atoms with Crippen LogP contribution < -0.4 is 15.0 Å². The van der Waals surface area contributed by atoms with E-state index >= 15 is 0 Å². The second-order valence-electron chi connectivity index (χ2n) is 17.0. The lowest BCUT2D eigenvalue weighted by molar-refractivity contribution is 0.0195. The average Bonchev–Trinajstić information content (AvgIpc) is 3.16. The van der Waals surface area contributed by atoms with Gasteiger partial charge in [0.05, 0.1) is 24.1 Å². The summed E-state index contributed by atoms with van der Waals surface area (Å²) in [6.45, 7) is 27.7. The summed E-state index contributed by atoms with van der Waals surface area (Å²) in [6, 6.07) is 3.66. The van der Waals surface area contributed by atoms with E-state index in [1.54, 1.807) is 11.9 Å². The van der Waals surface area contributed by atoms with Gasteiger partial charge in [-0.15, -0.1) is 0 Å². The molecule has 50 heavy (non-hydrogen) atoms. The Hall–Kier alpha value is -3.64. The van der Waals surface area contributed by atoms with E-state index in [9.17, 15) is 9.59 Å². The number of pyridine rings is 2. The Balaban J connectivity index is 1.77. The molecule has 2 aromatic heterocycles.